The summed E-state index contributed by atoms with van der Waals surface area (Å²) in [5.41, 5.74) is 10.1. The summed E-state index contributed by atoms with van der Waals surface area (Å²) < 4.78 is 32.1. The van der Waals surface area contributed by atoms with Crippen LogP contribution in [0.1, 0.15) is 90.7 Å². The van der Waals surface area contributed by atoms with Gasteiger partial charge in [0.1, 0.15) is 18.7 Å². The first-order valence-corrected chi connectivity index (χ1v) is 26.0. The third-order valence-electron chi connectivity index (χ3n) is 13.3. The van der Waals surface area contributed by atoms with E-state index in [-0.39, 0.29) is 35.5 Å². The molecule has 2 N–H and O–H groups in total. The van der Waals surface area contributed by atoms with Gasteiger partial charge in [-0.05, 0) is 98.1 Å². The van der Waals surface area contributed by atoms with Crippen LogP contribution in [0.3, 0.4) is 0 Å². The summed E-state index contributed by atoms with van der Waals surface area (Å²) in [6.45, 7) is 23.6. The van der Waals surface area contributed by atoms with Crippen LogP contribution in [0.25, 0.3) is 22.2 Å². The van der Waals surface area contributed by atoms with Crippen molar-refractivity contribution in [1.82, 2.24) is 25.3 Å². The van der Waals surface area contributed by atoms with Crippen LogP contribution < -0.4 is 15.6 Å². The molecule has 14 nitrogen and oxygen atoms in total. The van der Waals surface area contributed by atoms with Crippen molar-refractivity contribution in [2.75, 3.05) is 52.0 Å². The van der Waals surface area contributed by atoms with E-state index in [9.17, 15) is 14.4 Å². The molecular weight excluding hydrogens is 841 g/mol. The SMILES string of the molecule is CCn1c(-c2cccnc2C(C)OC)c(CC(C)(C)CO[Si](C)(C)C(C)(C)C)c2cc(N3CCO[C@@H](CC(NC(=O)OCc4ccccc4)C(=O)N4CCC[C@@H](C(=O)OC)N4)C3)ccc21. The minimum atomic E-state index is -2.02. The van der Waals surface area contributed by atoms with Gasteiger partial charge in [-0.15, -0.1) is 0 Å². The van der Waals surface area contributed by atoms with Crippen LogP contribution in [0.2, 0.25) is 18.1 Å². The molecule has 4 aromatic rings. The van der Waals surface area contributed by atoms with Gasteiger partial charge in [-0.25, -0.2) is 10.2 Å². The lowest BCUT2D eigenvalue weighted by molar-refractivity contribution is -0.150. The summed E-state index contributed by atoms with van der Waals surface area (Å²) in [4.78, 5) is 47.2. The number of aromatic nitrogens is 2. The van der Waals surface area contributed by atoms with Crippen molar-refractivity contribution in [1.29, 1.82) is 0 Å². The molecule has 15 heteroatoms. The number of amides is 2. The van der Waals surface area contributed by atoms with Crippen molar-refractivity contribution in [2.45, 2.75) is 130 Å². The number of nitrogens with one attached hydrogen (secondary N) is 2. The zero-order valence-electron chi connectivity index (χ0n) is 40.5. The van der Waals surface area contributed by atoms with Crippen LogP contribution >= 0.6 is 0 Å². The zero-order chi connectivity index (χ0) is 47.1. The Kier molecular flexibility index (Phi) is 16.2. The van der Waals surface area contributed by atoms with E-state index >= 15 is 0 Å². The Labute approximate surface area is 386 Å². The standard InChI is InChI=1S/C50H72N6O8Si/c1-12-55-43-23-22-36(28-39(43)40(30-50(6,7)33-64-65(10,11)49(3,4)5)45(55)38-20-16-24-51-44(38)34(2)60-8)54-26-27-62-37(31-54)29-42(52-48(59)63-32-35-18-14-13-15-19-35)46(57)56-25-17-21-41(53-56)47(58)61-9/h13-16,18-20,22-24,28,34,37,41-42,53H,12,17,21,25-27,29-33H2,1-11H3,(H,52,59)/t34?,37-,41-,42?/m0/s1. The zero-order valence-corrected chi connectivity index (χ0v) is 41.5. The molecule has 2 aliphatic rings. The average Bonchev–Trinajstić information content (AvgIpc) is 3.60. The normalized spacial score (nSPS) is 18.3. The number of aryl methyl sites for hydroxylation is 1. The van der Waals surface area contributed by atoms with Gasteiger partial charge in [-0.3, -0.25) is 19.6 Å². The van der Waals surface area contributed by atoms with Crippen LogP contribution in [0, 0.1) is 5.41 Å². The number of rotatable bonds is 17. The van der Waals surface area contributed by atoms with Crippen LogP contribution in [-0.2, 0) is 52.5 Å². The number of carbonyl (C=O) groups excluding carboxylic acids is 3. The van der Waals surface area contributed by atoms with Gasteiger partial charge in [0.25, 0.3) is 5.91 Å². The molecule has 6 rings (SSSR count). The molecular formula is C50H72N6O8Si. The molecule has 354 valence electrons. The van der Waals surface area contributed by atoms with Gasteiger partial charge in [0.2, 0.25) is 0 Å². The number of hydrogen-bond donors (Lipinski definition) is 2. The molecule has 0 aliphatic carbocycles. The molecule has 2 aliphatic heterocycles. The highest BCUT2D eigenvalue weighted by atomic mass is 28.4. The summed E-state index contributed by atoms with van der Waals surface area (Å²) in [6.07, 6.45) is 2.56. The lowest BCUT2D eigenvalue weighted by Crippen LogP contribution is -2.60. The second-order valence-corrected chi connectivity index (χ2v) is 24.6. The number of anilines is 1. The molecule has 2 aromatic heterocycles. The predicted octanol–water partition coefficient (Wildman–Crippen LogP) is 8.58. The van der Waals surface area contributed by atoms with Gasteiger partial charge >= 0.3 is 12.1 Å². The maximum Gasteiger partial charge on any atom is 0.408 e. The largest absolute Gasteiger partial charge is 0.468 e. The fourth-order valence-corrected chi connectivity index (χ4v) is 9.72. The molecule has 4 atom stereocenters. The molecule has 65 heavy (non-hydrogen) atoms. The van der Waals surface area contributed by atoms with E-state index in [1.165, 1.54) is 17.7 Å². The van der Waals surface area contributed by atoms with Crippen LogP contribution in [0.4, 0.5) is 10.5 Å². The minimum Gasteiger partial charge on any atom is -0.468 e. The van der Waals surface area contributed by atoms with Crippen molar-refractivity contribution >= 4 is 42.9 Å². The summed E-state index contributed by atoms with van der Waals surface area (Å²) in [7, 11) is 1.02. The molecule has 2 aromatic carbocycles. The summed E-state index contributed by atoms with van der Waals surface area (Å²) in [6, 6.07) is 18.6. The maximum absolute atomic E-state index is 14.3. The number of esters is 1. The molecule has 0 saturated carbocycles. The highest BCUT2D eigenvalue weighted by molar-refractivity contribution is 6.74. The Balaban J connectivity index is 1.32. The first-order chi connectivity index (χ1) is 30.9. The van der Waals surface area contributed by atoms with E-state index in [1.54, 1.807) is 7.11 Å². The summed E-state index contributed by atoms with van der Waals surface area (Å²) >= 11 is 0. The van der Waals surface area contributed by atoms with Crippen molar-refractivity contribution in [3.63, 3.8) is 0 Å². The second kappa shape index (κ2) is 21.2. The highest BCUT2D eigenvalue weighted by Crippen LogP contribution is 2.43. The summed E-state index contributed by atoms with van der Waals surface area (Å²) in [5.74, 6) is -0.830. The number of hydrazine groups is 1. The molecule has 2 fully saturated rings. The summed E-state index contributed by atoms with van der Waals surface area (Å²) in [5, 5.41) is 5.51. The van der Waals surface area contributed by atoms with Gasteiger partial charge in [-0.2, -0.15) is 0 Å². The number of methoxy groups -OCH3 is 2. The number of hydrogen-bond acceptors (Lipinski definition) is 11. The Hall–Kier alpha value is -4.80. The van der Waals surface area contributed by atoms with Crippen LogP contribution in [0.5, 0.6) is 0 Å². The van der Waals surface area contributed by atoms with E-state index in [2.05, 4.69) is 99.1 Å². The molecule has 2 amide bonds. The van der Waals surface area contributed by atoms with Crippen molar-refractivity contribution in [3.8, 4) is 11.3 Å². The van der Waals surface area contributed by atoms with Gasteiger partial charge in [0.15, 0.2) is 8.32 Å². The molecule has 0 spiro atoms. The van der Waals surface area contributed by atoms with Crippen molar-refractivity contribution in [2.24, 2.45) is 5.41 Å². The third-order valence-corrected chi connectivity index (χ3v) is 17.8. The fraction of sp³-hybridized carbons (Fsp3) is 0.560. The minimum absolute atomic E-state index is 0.0496. The van der Waals surface area contributed by atoms with Gasteiger partial charge < -0.3 is 38.2 Å². The average molecular weight is 913 g/mol. The predicted molar refractivity (Wildman–Crippen MR) is 257 cm³/mol. The Morgan fingerprint density at radius 1 is 1.02 bits per heavy atom. The van der Waals surface area contributed by atoms with Crippen molar-refractivity contribution < 1.29 is 37.8 Å². The van der Waals surface area contributed by atoms with Gasteiger partial charge in [0, 0.05) is 74.7 Å². The number of pyridine rings is 1. The van der Waals surface area contributed by atoms with E-state index in [0.29, 0.717) is 45.7 Å². The number of carbonyl (C=O) groups is 3. The number of ether oxygens (including phenoxy) is 4. The van der Waals surface area contributed by atoms with Crippen LogP contribution in [-0.4, -0.2) is 106 Å². The van der Waals surface area contributed by atoms with Crippen LogP contribution in [0.15, 0.2) is 66.9 Å². The number of morpholine rings is 1. The Morgan fingerprint density at radius 3 is 2.46 bits per heavy atom. The quantitative estimate of drug-likeness (QED) is 0.0776. The number of alkyl carbamates (subject to hydrolysis) is 1. The van der Waals surface area contributed by atoms with Crippen molar-refractivity contribution in [3.05, 3.63) is 83.7 Å². The monoisotopic (exact) mass is 913 g/mol. The smallest absolute Gasteiger partial charge is 0.408 e. The van der Waals surface area contributed by atoms with E-state index in [0.717, 1.165) is 52.1 Å². The first kappa shape index (κ1) is 49.6. The Morgan fingerprint density at radius 2 is 1.77 bits per heavy atom. The Bertz CT molecular complexity index is 2260. The number of nitrogens with zero attached hydrogens (tertiary/aromatic N) is 4. The third kappa shape index (κ3) is 12.0. The number of benzene rings is 2. The first-order valence-electron chi connectivity index (χ1n) is 23.1. The van der Waals surface area contributed by atoms with E-state index in [4.69, 9.17) is 28.4 Å². The topological polar surface area (TPSA) is 146 Å². The lowest BCUT2D eigenvalue weighted by atomic mass is 9.84. The fourth-order valence-electron chi connectivity index (χ4n) is 8.53. The van der Waals surface area contributed by atoms with E-state index < -0.39 is 38.6 Å². The molecule has 0 radical (unpaired) electrons. The van der Waals surface area contributed by atoms with Gasteiger partial charge in [0.05, 0.1) is 37.3 Å². The molecule has 2 saturated heterocycles. The highest BCUT2D eigenvalue weighted by Gasteiger charge is 2.40. The molecule has 0 bridgehead atoms. The van der Waals surface area contributed by atoms with Gasteiger partial charge in [-0.1, -0.05) is 65.0 Å². The second-order valence-electron chi connectivity index (χ2n) is 19.7. The molecule has 4 heterocycles. The lowest BCUT2D eigenvalue weighted by Gasteiger charge is -2.39. The molecule has 2 unspecified atom stereocenters. The maximum atomic E-state index is 14.3. The van der Waals surface area contributed by atoms with E-state index in [1.807, 2.05) is 49.5 Å². The number of fused-ring (bicyclic) bond motifs is 1.